The summed E-state index contributed by atoms with van der Waals surface area (Å²) in [4.78, 5) is 28.8. The highest BCUT2D eigenvalue weighted by Gasteiger charge is 2.27. The lowest BCUT2D eigenvalue weighted by Gasteiger charge is -2.11. The third kappa shape index (κ3) is 7.86. The molecule has 1 aromatic carbocycles. The summed E-state index contributed by atoms with van der Waals surface area (Å²) in [6.45, 7) is 1.78. The summed E-state index contributed by atoms with van der Waals surface area (Å²) in [6, 6.07) is 6.64. The van der Waals surface area contributed by atoms with Crippen LogP contribution in [-0.4, -0.2) is 55.5 Å². The van der Waals surface area contributed by atoms with Gasteiger partial charge in [-0.2, -0.15) is 5.10 Å². The molecule has 2 amide bonds. The molecule has 30 heavy (non-hydrogen) atoms. The minimum Gasteiger partial charge on any atom is -0.376 e. The molecule has 1 saturated carbocycles. The first-order valence-electron chi connectivity index (χ1n) is 9.85. The summed E-state index contributed by atoms with van der Waals surface area (Å²) < 4.78 is 29.3. The molecular weight excluding hydrogens is 396 g/mol. The molecule has 0 aliphatic heterocycles. The van der Waals surface area contributed by atoms with E-state index in [0.717, 1.165) is 12.8 Å². The van der Waals surface area contributed by atoms with Crippen LogP contribution in [0.3, 0.4) is 0 Å². The highest BCUT2D eigenvalue weighted by molar-refractivity contribution is 6.67. The normalized spacial score (nSPS) is 14.7. The van der Waals surface area contributed by atoms with Crippen LogP contribution in [0.1, 0.15) is 43.0 Å². The van der Waals surface area contributed by atoms with E-state index in [1.807, 2.05) is 6.92 Å². The molecule has 1 aliphatic rings. The summed E-state index contributed by atoms with van der Waals surface area (Å²) in [7, 11) is 0. The molecule has 2 rings (SSSR count). The van der Waals surface area contributed by atoms with Gasteiger partial charge in [-0.05, 0) is 56.9 Å². The van der Waals surface area contributed by atoms with Gasteiger partial charge < -0.3 is 21.2 Å². The molecule has 0 radical (unpaired) electrons. The number of nitrogens with zero attached hydrogens (tertiary/aromatic N) is 2. The van der Waals surface area contributed by atoms with E-state index in [2.05, 4.69) is 20.7 Å². The van der Waals surface area contributed by atoms with Crippen LogP contribution in [-0.2, 0) is 9.53 Å². The van der Waals surface area contributed by atoms with Crippen molar-refractivity contribution in [3.8, 4) is 0 Å². The number of hydrazone groups is 1. The minimum atomic E-state index is -2.54. The van der Waals surface area contributed by atoms with Crippen LogP contribution in [0.5, 0.6) is 0 Å². The van der Waals surface area contributed by atoms with Crippen molar-refractivity contribution >= 4 is 28.9 Å². The number of nitrogens with one attached hydrogen (secondary N) is 2. The molecule has 1 aromatic rings. The number of halogens is 2. The Morgan fingerprint density at radius 1 is 1.27 bits per heavy atom. The molecule has 1 fully saturated rings. The second-order valence-electron chi connectivity index (χ2n) is 6.76. The summed E-state index contributed by atoms with van der Waals surface area (Å²) in [5.74, 6) is 4.83. The maximum Gasteiger partial charge on any atom is 0.273 e. The zero-order valence-corrected chi connectivity index (χ0v) is 16.9. The van der Waals surface area contributed by atoms with E-state index in [-0.39, 0.29) is 30.7 Å². The lowest BCUT2D eigenvalue weighted by molar-refractivity contribution is -0.114. The van der Waals surface area contributed by atoms with Crippen LogP contribution in [0.4, 0.5) is 14.5 Å². The van der Waals surface area contributed by atoms with Crippen molar-refractivity contribution in [2.24, 2.45) is 15.9 Å². The molecule has 164 valence electrons. The second-order valence-corrected chi connectivity index (χ2v) is 6.76. The molecule has 0 atom stereocenters. The lowest BCUT2D eigenvalue weighted by atomic mass is 10.1. The van der Waals surface area contributed by atoms with Gasteiger partial charge in [-0.25, -0.2) is 8.78 Å². The fourth-order valence-corrected chi connectivity index (χ4v) is 2.59. The van der Waals surface area contributed by atoms with Gasteiger partial charge in [-0.3, -0.25) is 14.6 Å². The quantitative estimate of drug-likeness (QED) is 0.207. The highest BCUT2D eigenvalue weighted by Crippen LogP contribution is 2.19. The number of aliphatic imine (C=N–C) groups is 1. The topological polar surface area (TPSA) is 118 Å². The molecule has 1 aliphatic carbocycles. The molecule has 0 heterocycles. The van der Waals surface area contributed by atoms with E-state index in [0.29, 0.717) is 29.9 Å². The second kappa shape index (κ2) is 12.0. The number of rotatable bonds is 12. The van der Waals surface area contributed by atoms with Gasteiger partial charge in [0.2, 0.25) is 0 Å². The average molecular weight is 423 g/mol. The van der Waals surface area contributed by atoms with Crippen molar-refractivity contribution in [1.29, 1.82) is 0 Å². The number of nitrogens with two attached hydrogens (primary N) is 1. The maximum atomic E-state index is 12.5. The van der Waals surface area contributed by atoms with Crippen LogP contribution >= 0.6 is 0 Å². The lowest BCUT2D eigenvalue weighted by Crippen LogP contribution is -2.38. The van der Waals surface area contributed by atoms with Gasteiger partial charge in [0.1, 0.15) is 6.61 Å². The Labute approximate surface area is 174 Å². The largest absolute Gasteiger partial charge is 0.376 e. The molecule has 4 N–H and O–H groups in total. The average Bonchev–Trinajstić information content (AvgIpc) is 3.52. The summed E-state index contributed by atoms with van der Waals surface area (Å²) in [6.07, 6.45) is -0.113. The van der Waals surface area contributed by atoms with Gasteiger partial charge in [0.05, 0.1) is 11.4 Å². The smallest absolute Gasteiger partial charge is 0.273 e. The SMILES string of the molecule is CCNC(=O)c1ccc(N=C(CCCOCC(F)F)C(=NN)C(=O)NC2CC2)cc1. The minimum absolute atomic E-state index is 0.0106. The Kier molecular flexibility index (Phi) is 9.33. The van der Waals surface area contributed by atoms with Gasteiger partial charge in [0, 0.05) is 24.8 Å². The first-order valence-corrected chi connectivity index (χ1v) is 9.85. The van der Waals surface area contributed by atoms with E-state index in [1.165, 1.54) is 0 Å². The Balaban J connectivity index is 2.13. The van der Waals surface area contributed by atoms with E-state index < -0.39 is 18.9 Å². The van der Waals surface area contributed by atoms with E-state index >= 15 is 0 Å². The molecule has 0 saturated heterocycles. The number of benzene rings is 1. The molecule has 0 aromatic heterocycles. The Morgan fingerprint density at radius 2 is 1.97 bits per heavy atom. The van der Waals surface area contributed by atoms with Crippen LogP contribution in [0.15, 0.2) is 34.4 Å². The molecule has 0 bridgehead atoms. The van der Waals surface area contributed by atoms with Crippen molar-refractivity contribution < 1.29 is 23.1 Å². The van der Waals surface area contributed by atoms with E-state index in [1.54, 1.807) is 24.3 Å². The zero-order valence-electron chi connectivity index (χ0n) is 16.9. The Bertz CT molecular complexity index is 777. The molecule has 0 spiro atoms. The van der Waals surface area contributed by atoms with Gasteiger partial charge in [0.25, 0.3) is 18.2 Å². The third-order valence-electron chi connectivity index (χ3n) is 4.21. The number of hydrogen-bond donors (Lipinski definition) is 3. The number of alkyl halides is 2. The van der Waals surface area contributed by atoms with Crippen molar-refractivity contribution in [2.45, 2.75) is 45.1 Å². The first kappa shape index (κ1) is 23.4. The molecular formula is C20H27F2N5O3. The van der Waals surface area contributed by atoms with E-state index in [9.17, 15) is 18.4 Å². The maximum absolute atomic E-state index is 12.5. The van der Waals surface area contributed by atoms with Crippen LogP contribution in [0.2, 0.25) is 0 Å². The number of ether oxygens (including phenoxy) is 1. The van der Waals surface area contributed by atoms with Gasteiger partial charge in [-0.1, -0.05) is 0 Å². The number of carbonyl (C=O) groups is 2. The Morgan fingerprint density at radius 3 is 2.53 bits per heavy atom. The van der Waals surface area contributed by atoms with Crippen LogP contribution in [0.25, 0.3) is 0 Å². The fourth-order valence-electron chi connectivity index (χ4n) is 2.59. The molecule has 8 nitrogen and oxygen atoms in total. The number of amides is 2. The zero-order chi connectivity index (χ0) is 21.9. The summed E-state index contributed by atoms with van der Waals surface area (Å²) in [5.41, 5.74) is 1.30. The van der Waals surface area contributed by atoms with Gasteiger partial charge in [0.15, 0.2) is 5.71 Å². The monoisotopic (exact) mass is 423 g/mol. The number of carbonyl (C=O) groups excluding carboxylic acids is 2. The third-order valence-corrected chi connectivity index (χ3v) is 4.21. The predicted octanol–water partition coefficient (Wildman–Crippen LogP) is 2.16. The highest BCUT2D eigenvalue weighted by atomic mass is 19.3. The molecule has 10 heteroatoms. The van der Waals surface area contributed by atoms with Gasteiger partial charge in [-0.15, -0.1) is 0 Å². The van der Waals surface area contributed by atoms with Crippen molar-refractivity contribution in [3.05, 3.63) is 29.8 Å². The predicted molar refractivity (Wildman–Crippen MR) is 110 cm³/mol. The van der Waals surface area contributed by atoms with Crippen molar-refractivity contribution in [1.82, 2.24) is 10.6 Å². The first-order chi connectivity index (χ1) is 14.4. The van der Waals surface area contributed by atoms with Crippen LogP contribution in [0, 0.1) is 0 Å². The van der Waals surface area contributed by atoms with Crippen molar-refractivity contribution in [3.63, 3.8) is 0 Å². The number of hydrogen-bond acceptors (Lipinski definition) is 6. The molecule has 0 unspecified atom stereocenters. The Hall–Kier alpha value is -2.88. The summed E-state index contributed by atoms with van der Waals surface area (Å²) >= 11 is 0. The fraction of sp³-hybridized carbons (Fsp3) is 0.500. The standard InChI is InChI=1S/C20H27F2N5O3/c1-2-24-19(28)13-5-7-14(8-6-13)25-16(4-3-11-30-12-17(21)22)18(27-23)20(29)26-15-9-10-15/h5-8,15,17H,2-4,9-12,23H2,1H3,(H,24,28)(H,26,29). The van der Waals surface area contributed by atoms with E-state index in [4.69, 9.17) is 10.6 Å². The summed E-state index contributed by atoms with van der Waals surface area (Å²) in [5, 5.41) is 9.13. The van der Waals surface area contributed by atoms with Crippen LogP contribution < -0.4 is 16.5 Å². The van der Waals surface area contributed by atoms with Crippen molar-refractivity contribution in [2.75, 3.05) is 19.8 Å². The van der Waals surface area contributed by atoms with Gasteiger partial charge >= 0.3 is 0 Å².